The summed E-state index contributed by atoms with van der Waals surface area (Å²) < 4.78 is 0. The molecular formula is C59H122. The maximum absolute atomic E-state index is 2.37. The standard InChI is InChI=1S/C11H24.C11H22.C10H20.C9H20.2C9H18/c2*1-6-11(10(4)5)8-7-9(2)3;1-8(2)6-7-10(5)9(3)4;3*1-8(2)6-5-7-9(3)4/h9-11H,6-8H2,1-5H3;7-11H,6H2,1-5H3;6-10H,1-5H3;8-9H,5-7H2,1-4H3;6,9H,5,7H2,1-4H3;5-6,8-9H,7H2,1-4H3/b;8-7+;7-6+;;;6-5+/t;;10-;;;/m..1.../s1. The van der Waals surface area contributed by atoms with Gasteiger partial charge in [0.1, 0.15) is 0 Å². The molecule has 0 spiro atoms. The molecule has 0 N–H and O–H groups in total. The molecule has 0 aromatic rings. The lowest BCUT2D eigenvalue weighted by Gasteiger charge is -2.19. The van der Waals surface area contributed by atoms with Gasteiger partial charge in [0.25, 0.3) is 0 Å². The monoisotopic (exact) mass is 831 g/mol. The average Bonchev–Trinajstić information content (AvgIpc) is 3.07. The summed E-state index contributed by atoms with van der Waals surface area (Å²) in [6, 6.07) is 0. The van der Waals surface area contributed by atoms with Crippen molar-refractivity contribution < 1.29 is 0 Å². The third kappa shape index (κ3) is 74.8. The van der Waals surface area contributed by atoms with Crippen LogP contribution in [0.1, 0.15) is 251 Å². The molecule has 0 aliphatic heterocycles. The number of allylic oxidation sites excluding steroid dienone is 8. The largest absolute Gasteiger partial charge is 0.0880 e. The zero-order valence-electron chi connectivity index (χ0n) is 46.7. The van der Waals surface area contributed by atoms with Crippen molar-refractivity contribution in [3.8, 4) is 0 Å². The van der Waals surface area contributed by atoms with E-state index in [9.17, 15) is 0 Å². The molecule has 0 aliphatic carbocycles. The highest BCUT2D eigenvalue weighted by atomic mass is 14.2. The Labute approximate surface area is 380 Å². The van der Waals surface area contributed by atoms with Crippen LogP contribution in [-0.2, 0) is 0 Å². The molecule has 3 atom stereocenters. The van der Waals surface area contributed by atoms with Gasteiger partial charge in [-0.15, -0.1) is 0 Å². The summed E-state index contributed by atoms with van der Waals surface area (Å²) in [5.41, 5.74) is 1.44. The molecule has 2 unspecified atom stereocenters. The van der Waals surface area contributed by atoms with Crippen LogP contribution < -0.4 is 0 Å². The van der Waals surface area contributed by atoms with Gasteiger partial charge >= 0.3 is 0 Å². The van der Waals surface area contributed by atoms with Gasteiger partial charge in [-0.25, -0.2) is 0 Å². The molecule has 0 rings (SSSR count). The summed E-state index contributed by atoms with van der Waals surface area (Å²) in [5, 5.41) is 0. The first kappa shape index (κ1) is 69.7. The molecule has 0 heterocycles. The second-order valence-electron chi connectivity index (χ2n) is 22.3. The first-order valence-corrected chi connectivity index (χ1v) is 25.7. The summed E-state index contributed by atoms with van der Waals surface area (Å²) in [6.45, 7) is 61.0. The molecule has 59 heavy (non-hydrogen) atoms. The molecule has 0 aliphatic rings. The predicted molar refractivity (Wildman–Crippen MR) is 284 cm³/mol. The van der Waals surface area contributed by atoms with Crippen LogP contribution in [-0.4, -0.2) is 0 Å². The van der Waals surface area contributed by atoms with Crippen molar-refractivity contribution in [1.82, 2.24) is 0 Å². The van der Waals surface area contributed by atoms with E-state index in [0.717, 1.165) is 65.1 Å². The molecule has 0 bridgehead atoms. The molecule has 0 amide bonds. The van der Waals surface area contributed by atoms with Gasteiger partial charge < -0.3 is 0 Å². The normalized spacial score (nSPS) is 13.3. The Morgan fingerprint density at radius 3 is 1.10 bits per heavy atom. The minimum Gasteiger partial charge on any atom is -0.0880 e. The van der Waals surface area contributed by atoms with Gasteiger partial charge in [0.2, 0.25) is 0 Å². The zero-order chi connectivity index (χ0) is 47.7. The molecule has 0 aromatic heterocycles. The summed E-state index contributed by atoms with van der Waals surface area (Å²) in [5.74, 6) is 11.3. The van der Waals surface area contributed by atoms with Crippen LogP contribution in [0.3, 0.4) is 0 Å². The summed E-state index contributed by atoms with van der Waals surface area (Å²) in [7, 11) is 0. The minimum atomic E-state index is 0.696. The highest BCUT2D eigenvalue weighted by molar-refractivity contribution is 4.93. The van der Waals surface area contributed by atoms with Gasteiger partial charge in [0, 0.05) is 0 Å². The van der Waals surface area contributed by atoms with E-state index in [1.54, 1.807) is 0 Å². The van der Waals surface area contributed by atoms with Crippen molar-refractivity contribution in [3.63, 3.8) is 0 Å². The molecule has 0 heteroatoms. The van der Waals surface area contributed by atoms with E-state index >= 15 is 0 Å². The van der Waals surface area contributed by atoms with Crippen molar-refractivity contribution in [3.05, 3.63) is 48.1 Å². The van der Waals surface area contributed by atoms with E-state index in [0.29, 0.717) is 17.8 Å². The maximum Gasteiger partial charge on any atom is -0.0213 e. The van der Waals surface area contributed by atoms with E-state index in [4.69, 9.17) is 0 Å². The van der Waals surface area contributed by atoms with Crippen molar-refractivity contribution in [1.29, 1.82) is 0 Å². The lowest BCUT2D eigenvalue weighted by atomic mass is 9.87. The molecule has 0 saturated heterocycles. The van der Waals surface area contributed by atoms with Crippen molar-refractivity contribution in [2.24, 2.45) is 82.9 Å². The average molecular weight is 832 g/mol. The summed E-state index contributed by atoms with van der Waals surface area (Å²) in [4.78, 5) is 0. The Morgan fingerprint density at radius 2 is 0.814 bits per heavy atom. The van der Waals surface area contributed by atoms with E-state index in [2.05, 4.69) is 229 Å². The molecule has 0 radical (unpaired) electrons. The fraction of sp³-hybridized carbons (Fsp3) is 0.864. The van der Waals surface area contributed by atoms with Crippen LogP contribution in [0.2, 0.25) is 0 Å². The van der Waals surface area contributed by atoms with E-state index < -0.39 is 0 Å². The molecule has 0 saturated carbocycles. The molecule has 0 fully saturated rings. The van der Waals surface area contributed by atoms with Gasteiger partial charge in [-0.2, -0.15) is 0 Å². The Morgan fingerprint density at radius 1 is 0.390 bits per heavy atom. The molecule has 358 valence electrons. The second-order valence-corrected chi connectivity index (χ2v) is 22.3. The van der Waals surface area contributed by atoms with Gasteiger partial charge in [0.15, 0.2) is 0 Å². The third-order valence-electron chi connectivity index (χ3n) is 10.5. The molecule has 0 nitrogen and oxygen atoms in total. The van der Waals surface area contributed by atoms with Crippen LogP contribution in [0, 0.1) is 82.9 Å². The quantitative estimate of drug-likeness (QED) is 0.0954. The third-order valence-corrected chi connectivity index (χ3v) is 10.5. The van der Waals surface area contributed by atoms with Gasteiger partial charge in [-0.05, 0) is 129 Å². The first-order valence-electron chi connectivity index (χ1n) is 25.7. The Balaban J connectivity index is -0.000000143. The van der Waals surface area contributed by atoms with E-state index in [1.165, 1.54) is 69.8 Å². The maximum atomic E-state index is 2.37. The van der Waals surface area contributed by atoms with Gasteiger partial charge in [-0.3, -0.25) is 0 Å². The first-order chi connectivity index (χ1) is 27.1. The Kier molecular flexibility index (Phi) is 56.7. The summed E-state index contributed by atoms with van der Waals surface area (Å²) in [6.07, 6.45) is 29.6. The minimum absolute atomic E-state index is 0.696. The van der Waals surface area contributed by atoms with Crippen LogP contribution in [0.5, 0.6) is 0 Å². The van der Waals surface area contributed by atoms with Crippen molar-refractivity contribution >= 4 is 0 Å². The van der Waals surface area contributed by atoms with E-state index in [-0.39, 0.29) is 0 Å². The van der Waals surface area contributed by atoms with Crippen LogP contribution in [0.25, 0.3) is 0 Å². The number of rotatable bonds is 22. The topological polar surface area (TPSA) is 0 Å². The number of hydrogen-bond donors (Lipinski definition) is 0. The lowest BCUT2D eigenvalue weighted by molar-refractivity contribution is 0.322. The van der Waals surface area contributed by atoms with Crippen molar-refractivity contribution in [2.75, 3.05) is 0 Å². The van der Waals surface area contributed by atoms with Gasteiger partial charge in [-0.1, -0.05) is 253 Å². The molecular weight excluding hydrogens is 709 g/mol. The summed E-state index contributed by atoms with van der Waals surface area (Å²) >= 11 is 0. The Hall–Kier alpha value is -1.04. The molecule has 0 aromatic carbocycles. The van der Waals surface area contributed by atoms with E-state index in [1.807, 2.05) is 0 Å². The fourth-order valence-corrected chi connectivity index (χ4v) is 5.63. The predicted octanol–water partition coefficient (Wildman–Crippen LogP) is 21.6. The lowest BCUT2D eigenvalue weighted by Crippen LogP contribution is -2.08. The Bertz CT molecular complexity index is 882. The highest BCUT2D eigenvalue weighted by Crippen LogP contribution is 2.22. The number of hydrogen-bond acceptors (Lipinski definition) is 0. The highest BCUT2D eigenvalue weighted by Gasteiger charge is 2.11. The smallest absolute Gasteiger partial charge is 0.0213 e. The van der Waals surface area contributed by atoms with Crippen molar-refractivity contribution in [2.45, 2.75) is 251 Å². The van der Waals surface area contributed by atoms with Crippen LogP contribution in [0.4, 0.5) is 0 Å². The van der Waals surface area contributed by atoms with Crippen LogP contribution in [0.15, 0.2) is 48.1 Å². The SMILES string of the molecule is CC(C)/C=C/CC(C)C.CC(C)/C=C/[C@@H](C)C(C)C.CC(C)=CCCC(C)C.CC(C)CCCC(C)C.CCC(/C=C/C(C)C)C(C)C.CCC(CCC(C)C)C(C)C. The second kappa shape index (κ2) is 48.0. The van der Waals surface area contributed by atoms with Gasteiger partial charge in [0.05, 0.1) is 0 Å². The van der Waals surface area contributed by atoms with Crippen LogP contribution >= 0.6 is 0 Å². The fourth-order valence-electron chi connectivity index (χ4n) is 5.63. The zero-order valence-corrected chi connectivity index (χ0v) is 46.7.